The van der Waals surface area contributed by atoms with Crippen molar-refractivity contribution in [3.63, 3.8) is 0 Å². The number of carbonyl (C=O) groups is 1. The van der Waals surface area contributed by atoms with Crippen LogP contribution in [0.3, 0.4) is 0 Å². The van der Waals surface area contributed by atoms with Crippen LogP contribution in [-0.4, -0.2) is 24.1 Å². The first-order chi connectivity index (χ1) is 11.1. The Labute approximate surface area is 142 Å². The number of aromatic nitrogens is 2. The summed E-state index contributed by atoms with van der Waals surface area (Å²) >= 11 is 0. The van der Waals surface area contributed by atoms with Gasteiger partial charge in [-0.2, -0.15) is 5.10 Å². The summed E-state index contributed by atoms with van der Waals surface area (Å²) in [6.07, 6.45) is 3.54. The van der Waals surface area contributed by atoms with E-state index in [0.717, 1.165) is 16.7 Å². The highest BCUT2D eigenvalue weighted by Gasteiger charge is 2.24. The van der Waals surface area contributed by atoms with Gasteiger partial charge in [-0.1, -0.05) is 6.07 Å². The number of rotatable bonds is 5. The summed E-state index contributed by atoms with van der Waals surface area (Å²) in [5.41, 5.74) is 4.10. The molecule has 7 heteroatoms. The molecule has 130 valence electrons. The van der Waals surface area contributed by atoms with E-state index < -0.39 is 15.9 Å². The average molecular weight is 349 g/mol. The van der Waals surface area contributed by atoms with Crippen LogP contribution in [0.15, 0.2) is 23.4 Å². The number of sulfonamides is 1. The maximum atomic E-state index is 12.6. The van der Waals surface area contributed by atoms with Crippen molar-refractivity contribution >= 4 is 15.9 Å². The molecule has 2 aromatic rings. The second-order valence-corrected chi connectivity index (χ2v) is 7.77. The molecule has 0 bridgehead atoms. The molecule has 0 fully saturated rings. The molecule has 0 aliphatic carbocycles. The topological polar surface area (TPSA) is 81.1 Å². The Kier molecular flexibility index (Phi) is 5.13. The summed E-state index contributed by atoms with van der Waals surface area (Å²) in [6, 6.07) is 1.95. The second-order valence-electron chi connectivity index (χ2n) is 6.15. The average Bonchev–Trinajstić information content (AvgIpc) is 2.88. The molecule has 1 aromatic heterocycles. The fourth-order valence-electron chi connectivity index (χ4n) is 2.64. The third-order valence-corrected chi connectivity index (χ3v) is 5.79. The predicted octanol–water partition coefficient (Wildman–Crippen LogP) is 2.32. The summed E-state index contributed by atoms with van der Waals surface area (Å²) in [5.74, 6) is -0.541. The molecule has 1 amide bonds. The fraction of sp³-hybridized carbons (Fsp3) is 0.412. The van der Waals surface area contributed by atoms with Crippen LogP contribution in [0.25, 0.3) is 0 Å². The monoisotopic (exact) mass is 349 g/mol. The summed E-state index contributed by atoms with van der Waals surface area (Å²) in [4.78, 5) is 12.3. The van der Waals surface area contributed by atoms with Crippen LogP contribution < -0.4 is 4.72 Å². The maximum Gasteiger partial charge on any atom is 0.264 e. The van der Waals surface area contributed by atoms with Crippen LogP contribution in [0.1, 0.15) is 34.2 Å². The molecule has 0 saturated heterocycles. The van der Waals surface area contributed by atoms with Crippen molar-refractivity contribution in [3.8, 4) is 0 Å². The van der Waals surface area contributed by atoms with Crippen molar-refractivity contribution in [2.45, 2.75) is 52.5 Å². The zero-order chi connectivity index (χ0) is 18.1. The van der Waals surface area contributed by atoms with E-state index in [-0.39, 0.29) is 11.3 Å². The van der Waals surface area contributed by atoms with Gasteiger partial charge >= 0.3 is 0 Å². The Morgan fingerprint density at radius 3 is 2.21 bits per heavy atom. The van der Waals surface area contributed by atoms with Gasteiger partial charge in [0, 0.05) is 19.2 Å². The van der Waals surface area contributed by atoms with Crippen molar-refractivity contribution in [1.82, 2.24) is 14.5 Å². The minimum absolute atomic E-state index is 0.0449. The maximum absolute atomic E-state index is 12.6. The summed E-state index contributed by atoms with van der Waals surface area (Å²) in [6.45, 7) is 9.48. The van der Waals surface area contributed by atoms with E-state index in [1.165, 1.54) is 0 Å². The van der Waals surface area contributed by atoms with Crippen molar-refractivity contribution < 1.29 is 13.2 Å². The Morgan fingerprint density at radius 2 is 1.71 bits per heavy atom. The molecule has 0 aliphatic heterocycles. The highest BCUT2D eigenvalue weighted by atomic mass is 32.2. The van der Waals surface area contributed by atoms with Crippen LogP contribution >= 0.6 is 0 Å². The van der Waals surface area contributed by atoms with Crippen LogP contribution in [0, 0.1) is 34.6 Å². The molecular weight excluding hydrogens is 326 g/mol. The Bertz CT molecular complexity index is 856. The Balaban J connectivity index is 2.18. The third kappa shape index (κ3) is 3.84. The van der Waals surface area contributed by atoms with Gasteiger partial charge in [0.1, 0.15) is 0 Å². The number of hydrogen-bond donors (Lipinski definition) is 1. The summed E-state index contributed by atoms with van der Waals surface area (Å²) < 4.78 is 29.1. The highest BCUT2D eigenvalue weighted by molar-refractivity contribution is 7.90. The lowest BCUT2D eigenvalue weighted by molar-refractivity contribution is -0.119. The second kappa shape index (κ2) is 6.76. The number of benzene rings is 1. The standard InChI is InChI=1S/C17H23N3O3S/c1-11-9-18-20(10-11)7-6-16(21)19-24(22,23)17-14(4)12(2)8-13(3)15(17)5/h8-10H,6-7H2,1-5H3,(H,19,21). The zero-order valence-corrected chi connectivity index (χ0v) is 15.5. The molecule has 1 heterocycles. The highest BCUT2D eigenvalue weighted by Crippen LogP contribution is 2.25. The number of carbonyl (C=O) groups excluding carboxylic acids is 1. The van der Waals surface area contributed by atoms with E-state index >= 15 is 0 Å². The number of aryl methyl sites for hydroxylation is 4. The van der Waals surface area contributed by atoms with E-state index in [0.29, 0.717) is 17.7 Å². The summed E-state index contributed by atoms with van der Waals surface area (Å²) in [7, 11) is -3.89. The lowest BCUT2D eigenvalue weighted by Crippen LogP contribution is -2.32. The normalized spacial score (nSPS) is 11.5. The predicted molar refractivity (Wildman–Crippen MR) is 92.3 cm³/mol. The van der Waals surface area contributed by atoms with Crippen LogP contribution in [0.2, 0.25) is 0 Å². The van der Waals surface area contributed by atoms with E-state index in [4.69, 9.17) is 0 Å². The van der Waals surface area contributed by atoms with Gasteiger partial charge in [0.25, 0.3) is 10.0 Å². The molecule has 0 spiro atoms. The Hall–Kier alpha value is -2.15. The van der Waals surface area contributed by atoms with Gasteiger partial charge in [-0.15, -0.1) is 0 Å². The van der Waals surface area contributed by atoms with E-state index in [1.54, 1.807) is 30.9 Å². The molecule has 2 rings (SSSR count). The molecule has 0 aliphatic rings. The van der Waals surface area contributed by atoms with Gasteiger partial charge in [-0.05, 0) is 62.4 Å². The number of hydrogen-bond acceptors (Lipinski definition) is 4. The van der Waals surface area contributed by atoms with Gasteiger partial charge in [-0.3, -0.25) is 9.48 Å². The Morgan fingerprint density at radius 1 is 1.12 bits per heavy atom. The smallest absolute Gasteiger partial charge is 0.264 e. The molecule has 0 atom stereocenters. The van der Waals surface area contributed by atoms with E-state index in [1.807, 2.05) is 26.8 Å². The first kappa shape index (κ1) is 18.2. The molecule has 0 unspecified atom stereocenters. The first-order valence-corrected chi connectivity index (χ1v) is 9.22. The minimum atomic E-state index is -3.89. The van der Waals surface area contributed by atoms with Crippen molar-refractivity contribution in [3.05, 3.63) is 46.3 Å². The van der Waals surface area contributed by atoms with Gasteiger partial charge in [0.2, 0.25) is 5.91 Å². The van der Waals surface area contributed by atoms with Crippen LogP contribution in [0.4, 0.5) is 0 Å². The van der Waals surface area contributed by atoms with Crippen molar-refractivity contribution in [2.75, 3.05) is 0 Å². The van der Waals surface area contributed by atoms with Gasteiger partial charge in [0.05, 0.1) is 11.1 Å². The number of nitrogens with zero attached hydrogens (tertiary/aromatic N) is 2. The molecular formula is C17H23N3O3S. The molecule has 24 heavy (non-hydrogen) atoms. The third-order valence-electron chi connectivity index (χ3n) is 4.14. The van der Waals surface area contributed by atoms with E-state index in [9.17, 15) is 13.2 Å². The summed E-state index contributed by atoms with van der Waals surface area (Å²) in [5, 5.41) is 4.08. The molecule has 0 saturated carbocycles. The lowest BCUT2D eigenvalue weighted by atomic mass is 10.0. The zero-order valence-electron chi connectivity index (χ0n) is 14.7. The quantitative estimate of drug-likeness (QED) is 0.898. The molecule has 0 radical (unpaired) electrons. The first-order valence-electron chi connectivity index (χ1n) is 7.74. The van der Waals surface area contributed by atoms with Gasteiger partial charge in [-0.25, -0.2) is 13.1 Å². The number of nitrogens with one attached hydrogen (secondary N) is 1. The lowest BCUT2D eigenvalue weighted by Gasteiger charge is -2.16. The fourth-order valence-corrected chi connectivity index (χ4v) is 4.27. The SMILES string of the molecule is Cc1cnn(CCC(=O)NS(=O)(=O)c2c(C)c(C)cc(C)c2C)c1. The van der Waals surface area contributed by atoms with Gasteiger partial charge in [0.15, 0.2) is 0 Å². The van der Waals surface area contributed by atoms with Crippen molar-refractivity contribution in [2.24, 2.45) is 0 Å². The van der Waals surface area contributed by atoms with Crippen LogP contribution in [-0.2, 0) is 21.4 Å². The van der Waals surface area contributed by atoms with E-state index in [2.05, 4.69) is 9.82 Å². The molecule has 6 nitrogen and oxygen atoms in total. The van der Waals surface area contributed by atoms with Crippen LogP contribution in [0.5, 0.6) is 0 Å². The van der Waals surface area contributed by atoms with Crippen molar-refractivity contribution in [1.29, 1.82) is 0 Å². The van der Waals surface area contributed by atoms with Gasteiger partial charge < -0.3 is 0 Å². The minimum Gasteiger partial charge on any atom is -0.274 e. The molecule has 1 aromatic carbocycles. The number of amides is 1. The largest absolute Gasteiger partial charge is 0.274 e. The molecule has 1 N–H and O–H groups in total.